The molecule has 1 unspecified atom stereocenters. The van der Waals surface area contributed by atoms with E-state index in [4.69, 9.17) is 5.11 Å². The molecule has 0 spiro atoms. The Balaban J connectivity index is 2.99. The Labute approximate surface area is 94.3 Å². The second-order valence-electron chi connectivity index (χ2n) is 3.49. The highest BCUT2D eigenvalue weighted by molar-refractivity contribution is 5.68. The second kappa shape index (κ2) is 5.90. The molecule has 4 nitrogen and oxygen atoms in total. The van der Waals surface area contributed by atoms with Gasteiger partial charge in [-0.2, -0.15) is 0 Å². The maximum Gasteiger partial charge on any atom is 0.305 e. The highest BCUT2D eigenvalue weighted by Gasteiger charge is 2.16. The van der Waals surface area contributed by atoms with Crippen LogP contribution in [0.3, 0.4) is 0 Å². The van der Waals surface area contributed by atoms with Crippen LogP contribution in [0.15, 0.2) is 24.3 Å². The van der Waals surface area contributed by atoms with Crippen LogP contribution in [0.5, 0.6) is 0 Å². The smallest absolute Gasteiger partial charge is 0.305 e. The van der Waals surface area contributed by atoms with Gasteiger partial charge in [0.05, 0.1) is 12.5 Å². The molecule has 1 rings (SSSR count). The summed E-state index contributed by atoms with van der Waals surface area (Å²) >= 11 is 0. The molecule has 0 aliphatic carbocycles. The summed E-state index contributed by atoms with van der Waals surface area (Å²) in [6.45, 7) is 2.00. The second-order valence-corrected chi connectivity index (χ2v) is 3.49. The summed E-state index contributed by atoms with van der Waals surface area (Å²) in [4.78, 5) is 21.2. The minimum atomic E-state index is -0.926. The monoisotopic (exact) mass is 221 g/mol. The van der Waals surface area contributed by atoms with Gasteiger partial charge in [-0.05, 0) is 17.5 Å². The Morgan fingerprint density at radius 2 is 2.19 bits per heavy atom. The van der Waals surface area contributed by atoms with Crippen molar-refractivity contribution < 1.29 is 14.7 Å². The number of amides is 1. The molecule has 0 aliphatic heterocycles. The number of hydrogen-bond acceptors (Lipinski definition) is 2. The summed E-state index contributed by atoms with van der Waals surface area (Å²) in [5.74, 6) is -0.926. The van der Waals surface area contributed by atoms with Crippen LogP contribution in [0.25, 0.3) is 0 Å². The molecule has 0 bridgehead atoms. The first-order chi connectivity index (χ1) is 7.69. The Bertz CT molecular complexity index is 376. The summed E-state index contributed by atoms with van der Waals surface area (Å²) in [6.07, 6.45) is 1.25. The number of carboxylic acids is 1. The van der Waals surface area contributed by atoms with Gasteiger partial charge in [-0.3, -0.25) is 9.59 Å². The predicted octanol–water partition coefficient (Wildman–Crippen LogP) is 1.51. The number of benzene rings is 1. The van der Waals surface area contributed by atoms with Crippen molar-refractivity contribution in [1.29, 1.82) is 0 Å². The van der Waals surface area contributed by atoms with Crippen LogP contribution >= 0.6 is 0 Å². The number of aliphatic carboxylic acids is 1. The van der Waals surface area contributed by atoms with Gasteiger partial charge >= 0.3 is 5.97 Å². The normalized spacial score (nSPS) is 11.8. The SMILES string of the molecule is CCc1ccccc1C(CC(=O)O)NC=O. The molecular formula is C12H15NO3. The van der Waals surface area contributed by atoms with Crippen molar-refractivity contribution >= 4 is 12.4 Å². The van der Waals surface area contributed by atoms with Gasteiger partial charge in [0.2, 0.25) is 6.41 Å². The molecule has 0 aliphatic rings. The van der Waals surface area contributed by atoms with Gasteiger partial charge in [0.25, 0.3) is 0 Å². The van der Waals surface area contributed by atoms with Crippen molar-refractivity contribution in [3.8, 4) is 0 Å². The first kappa shape index (κ1) is 12.2. The first-order valence-corrected chi connectivity index (χ1v) is 5.18. The average molecular weight is 221 g/mol. The minimum absolute atomic E-state index is 0.101. The van der Waals surface area contributed by atoms with Gasteiger partial charge in [-0.25, -0.2) is 0 Å². The van der Waals surface area contributed by atoms with Gasteiger partial charge in [-0.1, -0.05) is 31.2 Å². The van der Waals surface area contributed by atoms with Gasteiger partial charge in [0, 0.05) is 0 Å². The summed E-state index contributed by atoms with van der Waals surface area (Å²) in [5.41, 5.74) is 1.93. The average Bonchev–Trinajstić information content (AvgIpc) is 2.28. The highest BCUT2D eigenvalue weighted by atomic mass is 16.4. The van der Waals surface area contributed by atoms with Gasteiger partial charge in [0.1, 0.15) is 0 Å². The van der Waals surface area contributed by atoms with Gasteiger partial charge < -0.3 is 10.4 Å². The lowest BCUT2D eigenvalue weighted by Crippen LogP contribution is -2.23. The fraction of sp³-hybridized carbons (Fsp3) is 0.333. The number of carboxylic acid groups (broad SMARTS) is 1. The third-order valence-electron chi connectivity index (χ3n) is 2.46. The van der Waals surface area contributed by atoms with Crippen LogP contribution in [-0.2, 0) is 16.0 Å². The van der Waals surface area contributed by atoms with E-state index in [1.807, 2.05) is 31.2 Å². The first-order valence-electron chi connectivity index (χ1n) is 5.18. The maximum absolute atomic E-state index is 10.7. The van der Waals surface area contributed by atoms with Crippen molar-refractivity contribution in [2.24, 2.45) is 0 Å². The van der Waals surface area contributed by atoms with Crippen LogP contribution in [0, 0.1) is 0 Å². The van der Waals surface area contributed by atoms with Gasteiger partial charge in [0.15, 0.2) is 0 Å². The lowest BCUT2D eigenvalue weighted by molar-refractivity contribution is -0.137. The summed E-state index contributed by atoms with van der Waals surface area (Å²) in [6, 6.07) is 7.09. The van der Waals surface area contributed by atoms with E-state index in [1.165, 1.54) is 0 Å². The highest BCUT2D eigenvalue weighted by Crippen LogP contribution is 2.21. The topological polar surface area (TPSA) is 66.4 Å². The largest absolute Gasteiger partial charge is 0.481 e. The molecule has 4 heteroatoms. The van der Waals surface area contributed by atoms with Crippen LogP contribution < -0.4 is 5.32 Å². The Morgan fingerprint density at radius 3 is 2.75 bits per heavy atom. The molecule has 0 saturated carbocycles. The van der Waals surface area contributed by atoms with E-state index in [1.54, 1.807) is 0 Å². The van der Waals surface area contributed by atoms with E-state index in [2.05, 4.69) is 5.32 Å². The van der Waals surface area contributed by atoms with Crippen molar-refractivity contribution in [1.82, 2.24) is 5.32 Å². The van der Waals surface area contributed by atoms with Crippen LogP contribution in [0.1, 0.15) is 30.5 Å². The van der Waals surface area contributed by atoms with E-state index in [0.717, 1.165) is 17.5 Å². The Morgan fingerprint density at radius 1 is 1.50 bits per heavy atom. The van der Waals surface area contributed by atoms with E-state index in [-0.39, 0.29) is 6.42 Å². The summed E-state index contributed by atoms with van der Waals surface area (Å²) in [5, 5.41) is 11.3. The standard InChI is InChI=1S/C12H15NO3/c1-2-9-5-3-4-6-10(9)11(13-8-14)7-12(15)16/h3-6,8,11H,2,7H2,1H3,(H,13,14)(H,15,16). The van der Waals surface area contributed by atoms with Crippen LogP contribution in [0.4, 0.5) is 0 Å². The van der Waals surface area contributed by atoms with Crippen molar-refractivity contribution in [3.05, 3.63) is 35.4 Å². The number of aryl methyl sites for hydroxylation is 1. The molecule has 0 saturated heterocycles. The number of rotatable bonds is 6. The van der Waals surface area contributed by atoms with Crippen molar-refractivity contribution in [2.45, 2.75) is 25.8 Å². The fourth-order valence-corrected chi connectivity index (χ4v) is 1.71. The molecule has 2 N–H and O–H groups in total. The van der Waals surface area contributed by atoms with Crippen LogP contribution in [0.2, 0.25) is 0 Å². The molecule has 0 fully saturated rings. The van der Waals surface area contributed by atoms with Gasteiger partial charge in [-0.15, -0.1) is 0 Å². The van der Waals surface area contributed by atoms with Crippen molar-refractivity contribution in [3.63, 3.8) is 0 Å². The predicted molar refractivity (Wildman–Crippen MR) is 60.0 cm³/mol. The zero-order valence-electron chi connectivity index (χ0n) is 9.14. The molecule has 0 heterocycles. The Hall–Kier alpha value is -1.84. The number of nitrogens with one attached hydrogen (secondary N) is 1. The number of hydrogen-bond donors (Lipinski definition) is 2. The van der Waals surface area contributed by atoms with E-state index < -0.39 is 12.0 Å². The zero-order chi connectivity index (χ0) is 12.0. The molecule has 1 aromatic carbocycles. The third-order valence-corrected chi connectivity index (χ3v) is 2.46. The quantitative estimate of drug-likeness (QED) is 0.715. The number of carbonyl (C=O) groups is 2. The van der Waals surface area contributed by atoms with Crippen molar-refractivity contribution in [2.75, 3.05) is 0 Å². The molecule has 86 valence electrons. The molecule has 0 aromatic heterocycles. The Kier molecular flexibility index (Phi) is 4.51. The van der Waals surface area contributed by atoms with E-state index >= 15 is 0 Å². The molecule has 1 amide bonds. The lowest BCUT2D eigenvalue weighted by Gasteiger charge is -2.17. The van der Waals surface area contributed by atoms with Crippen LogP contribution in [-0.4, -0.2) is 17.5 Å². The number of carbonyl (C=O) groups excluding carboxylic acids is 1. The zero-order valence-corrected chi connectivity index (χ0v) is 9.14. The summed E-state index contributed by atoms with van der Waals surface area (Å²) in [7, 11) is 0. The minimum Gasteiger partial charge on any atom is -0.481 e. The maximum atomic E-state index is 10.7. The molecule has 1 atom stereocenters. The fourth-order valence-electron chi connectivity index (χ4n) is 1.71. The molecular weight excluding hydrogens is 206 g/mol. The molecule has 1 aromatic rings. The lowest BCUT2D eigenvalue weighted by atomic mass is 9.96. The van der Waals surface area contributed by atoms with E-state index in [9.17, 15) is 9.59 Å². The summed E-state index contributed by atoms with van der Waals surface area (Å²) < 4.78 is 0. The molecule has 0 radical (unpaired) electrons. The van der Waals surface area contributed by atoms with E-state index in [0.29, 0.717) is 6.41 Å². The molecule has 16 heavy (non-hydrogen) atoms. The third kappa shape index (κ3) is 3.08.